The number of nitriles is 1. The number of furan rings is 1. The predicted octanol–water partition coefficient (Wildman–Crippen LogP) is 2.73. The fraction of sp³-hybridized carbons (Fsp3) is 0.105. The number of halogens is 1. The van der Waals surface area contributed by atoms with Gasteiger partial charge in [-0.25, -0.2) is 5.43 Å². The number of nitrogens with zero attached hydrogens (tertiary/aromatic N) is 4. The first-order chi connectivity index (χ1) is 13.4. The number of benzene rings is 1. The number of rotatable bonds is 4. The van der Waals surface area contributed by atoms with Gasteiger partial charge in [-0.3, -0.25) is 9.59 Å². The number of nitrogens with one attached hydrogen (secondary N) is 1. The van der Waals surface area contributed by atoms with Crippen LogP contribution in [0.5, 0.6) is 0 Å². The third kappa shape index (κ3) is 3.70. The molecule has 2 aromatic heterocycles. The topological polar surface area (TPSA) is 113 Å². The maximum atomic E-state index is 12.6. The van der Waals surface area contributed by atoms with Crippen molar-refractivity contribution in [3.63, 3.8) is 0 Å². The van der Waals surface area contributed by atoms with E-state index in [1.54, 1.807) is 30.3 Å². The Morgan fingerprint density at radius 2 is 2.18 bits per heavy atom. The zero-order chi connectivity index (χ0) is 20.3. The van der Waals surface area contributed by atoms with Gasteiger partial charge in [-0.05, 0) is 43.7 Å². The molecule has 0 unspecified atom stereocenters. The molecule has 0 aliphatic heterocycles. The molecule has 2 heterocycles. The van der Waals surface area contributed by atoms with Gasteiger partial charge >= 0.3 is 0 Å². The van der Waals surface area contributed by atoms with E-state index < -0.39 is 11.5 Å². The van der Waals surface area contributed by atoms with Crippen LogP contribution in [0.3, 0.4) is 0 Å². The van der Waals surface area contributed by atoms with Crippen molar-refractivity contribution in [2.75, 3.05) is 0 Å². The fourth-order valence-corrected chi connectivity index (χ4v) is 2.59. The monoisotopic (exact) mass is 395 g/mol. The molecule has 0 saturated heterocycles. The highest BCUT2D eigenvalue weighted by Gasteiger charge is 2.20. The number of hydrogen-bond acceptors (Lipinski definition) is 6. The number of carbonyl (C=O) groups excluding carboxylic acids is 1. The minimum atomic E-state index is -0.677. The molecular formula is C19H14ClN5O3. The van der Waals surface area contributed by atoms with Crippen LogP contribution in [0.4, 0.5) is 0 Å². The average Bonchev–Trinajstić information content (AvgIpc) is 3.18. The molecule has 0 spiro atoms. The van der Waals surface area contributed by atoms with Crippen molar-refractivity contribution in [1.29, 1.82) is 5.26 Å². The Morgan fingerprint density at radius 3 is 2.82 bits per heavy atom. The largest absolute Gasteiger partial charge is 0.463 e. The van der Waals surface area contributed by atoms with Crippen molar-refractivity contribution in [2.24, 2.45) is 5.10 Å². The molecule has 1 aromatic carbocycles. The molecule has 3 aromatic rings. The van der Waals surface area contributed by atoms with Crippen LogP contribution in [0.1, 0.15) is 32.9 Å². The lowest BCUT2D eigenvalue weighted by Gasteiger charge is -2.11. The fourth-order valence-electron chi connectivity index (χ4n) is 2.41. The molecule has 1 N–H and O–H groups in total. The van der Waals surface area contributed by atoms with Gasteiger partial charge in [0.25, 0.3) is 11.5 Å². The number of amides is 1. The van der Waals surface area contributed by atoms with Crippen LogP contribution in [-0.2, 0) is 0 Å². The van der Waals surface area contributed by atoms with Crippen molar-refractivity contribution in [1.82, 2.24) is 15.2 Å². The Balaban J connectivity index is 2.03. The third-order valence-corrected chi connectivity index (χ3v) is 4.37. The first kappa shape index (κ1) is 19.1. The summed E-state index contributed by atoms with van der Waals surface area (Å²) in [5.74, 6) is -0.231. The van der Waals surface area contributed by atoms with Crippen molar-refractivity contribution < 1.29 is 9.21 Å². The van der Waals surface area contributed by atoms with Crippen molar-refractivity contribution in [3.8, 4) is 11.8 Å². The second-order valence-electron chi connectivity index (χ2n) is 5.83. The molecule has 140 valence electrons. The maximum Gasteiger partial charge on any atom is 0.292 e. The Kier molecular flexibility index (Phi) is 5.38. The van der Waals surface area contributed by atoms with Gasteiger partial charge in [0.05, 0.1) is 18.2 Å². The van der Waals surface area contributed by atoms with Gasteiger partial charge in [-0.15, -0.1) is 0 Å². The molecule has 0 bridgehead atoms. The Morgan fingerprint density at radius 1 is 1.39 bits per heavy atom. The van der Waals surface area contributed by atoms with Crippen molar-refractivity contribution >= 4 is 23.7 Å². The van der Waals surface area contributed by atoms with E-state index in [0.717, 1.165) is 10.2 Å². The number of aryl methyl sites for hydroxylation is 1. The summed E-state index contributed by atoms with van der Waals surface area (Å²) < 4.78 is 6.05. The summed E-state index contributed by atoms with van der Waals surface area (Å²) in [7, 11) is 0. The smallest absolute Gasteiger partial charge is 0.292 e. The number of aromatic nitrogens is 2. The zero-order valence-corrected chi connectivity index (χ0v) is 15.7. The molecule has 0 radical (unpaired) electrons. The van der Waals surface area contributed by atoms with E-state index >= 15 is 0 Å². The van der Waals surface area contributed by atoms with E-state index in [0.29, 0.717) is 16.5 Å². The van der Waals surface area contributed by atoms with Gasteiger partial charge in [0.2, 0.25) is 0 Å². The lowest BCUT2D eigenvalue weighted by atomic mass is 10.1. The van der Waals surface area contributed by atoms with E-state index in [-0.39, 0.29) is 16.8 Å². The van der Waals surface area contributed by atoms with E-state index in [1.165, 1.54) is 19.4 Å². The summed E-state index contributed by atoms with van der Waals surface area (Å²) in [6.45, 7) is 3.29. The van der Waals surface area contributed by atoms with Crippen LogP contribution in [0, 0.1) is 25.2 Å². The van der Waals surface area contributed by atoms with Gasteiger partial charge in [0.15, 0.2) is 5.69 Å². The Hall–Kier alpha value is -3.70. The maximum absolute atomic E-state index is 12.6. The molecule has 0 aliphatic rings. The van der Waals surface area contributed by atoms with E-state index in [2.05, 4.69) is 15.6 Å². The molecule has 0 saturated carbocycles. The number of hydrazone groups is 1. The zero-order valence-electron chi connectivity index (χ0n) is 14.9. The summed E-state index contributed by atoms with van der Waals surface area (Å²) in [5.41, 5.74) is 2.68. The Labute approximate surface area is 164 Å². The van der Waals surface area contributed by atoms with Gasteiger partial charge in [-0.2, -0.15) is 20.1 Å². The van der Waals surface area contributed by atoms with E-state index in [4.69, 9.17) is 16.0 Å². The molecular weight excluding hydrogens is 382 g/mol. The summed E-state index contributed by atoms with van der Waals surface area (Å²) in [5, 5.41) is 17.7. The Bertz CT molecular complexity index is 1170. The van der Waals surface area contributed by atoms with E-state index in [1.807, 2.05) is 13.0 Å². The molecule has 0 fully saturated rings. The van der Waals surface area contributed by atoms with Gasteiger partial charge in [0.1, 0.15) is 17.4 Å². The highest BCUT2D eigenvalue weighted by molar-refractivity contribution is 6.31. The van der Waals surface area contributed by atoms with Crippen LogP contribution in [-0.4, -0.2) is 21.9 Å². The van der Waals surface area contributed by atoms with Crippen LogP contribution >= 0.6 is 11.6 Å². The molecule has 28 heavy (non-hydrogen) atoms. The van der Waals surface area contributed by atoms with Crippen molar-refractivity contribution in [2.45, 2.75) is 13.8 Å². The second kappa shape index (κ2) is 7.90. The minimum absolute atomic E-state index is 0.107. The number of carbonyl (C=O) groups is 1. The predicted molar refractivity (Wildman–Crippen MR) is 103 cm³/mol. The van der Waals surface area contributed by atoms with Gasteiger partial charge < -0.3 is 4.42 Å². The third-order valence-electron chi connectivity index (χ3n) is 3.96. The van der Waals surface area contributed by atoms with Crippen LogP contribution in [0.25, 0.3) is 5.69 Å². The summed E-state index contributed by atoms with van der Waals surface area (Å²) >= 11 is 6.13. The van der Waals surface area contributed by atoms with Crippen molar-refractivity contribution in [3.05, 3.63) is 80.1 Å². The molecule has 9 heteroatoms. The summed E-state index contributed by atoms with van der Waals surface area (Å²) in [4.78, 5) is 25.1. The highest BCUT2D eigenvalue weighted by Crippen LogP contribution is 2.19. The lowest BCUT2D eigenvalue weighted by molar-refractivity contribution is 0.0947. The average molecular weight is 396 g/mol. The minimum Gasteiger partial charge on any atom is -0.463 e. The molecule has 3 rings (SSSR count). The standard InChI is InChI=1S/C19H14ClN5O3/c1-11-5-6-13(8-16(11)20)25-19(27)15(9-21)12(2)17(24-25)18(26)23-22-10-14-4-3-7-28-14/h3-8,10H,1-2H3,(H,23,26)/b22-10+. The van der Waals surface area contributed by atoms with Crippen LogP contribution < -0.4 is 11.0 Å². The van der Waals surface area contributed by atoms with Crippen LogP contribution in [0.2, 0.25) is 5.02 Å². The normalized spacial score (nSPS) is 10.8. The quantitative estimate of drug-likeness (QED) is 0.539. The first-order valence-corrected chi connectivity index (χ1v) is 8.47. The molecule has 8 nitrogen and oxygen atoms in total. The van der Waals surface area contributed by atoms with E-state index in [9.17, 15) is 14.9 Å². The van der Waals surface area contributed by atoms with Crippen LogP contribution in [0.15, 0.2) is 50.9 Å². The summed E-state index contributed by atoms with van der Waals surface area (Å²) in [6.07, 6.45) is 2.78. The SMILES string of the molecule is Cc1ccc(-n2nc(C(=O)N/N=C/c3ccco3)c(C)c(C#N)c2=O)cc1Cl. The highest BCUT2D eigenvalue weighted by atomic mass is 35.5. The van der Waals surface area contributed by atoms with Gasteiger partial charge in [0, 0.05) is 10.6 Å². The second-order valence-corrected chi connectivity index (χ2v) is 6.23. The van der Waals surface area contributed by atoms with Gasteiger partial charge in [-0.1, -0.05) is 17.7 Å². The summed E-state index contributed by atoms with van der Waals surface area (Å²) in [6, 6.07) is 10.1. The lowest BCUT2D eigenvalue weighted by Crippen LogP contribution is -2.31. The molecule has 0 aliphatic carbocycles. The number of hydrogen-bond donors (Lipinski definition) is 1. The first-order valence-electron chi connectivity index (χ1n) is 8.10. The molecule has 1 amide bonds. The molecule has 0 atom stereocenters.